The molecule has 1 spiro atoms. The van der Waals surface area contributed by atoms with Crippen molar-refractivity contribution in [2.75, 3.05) is 49.7 Å². The second kappa shape index (κ2) is 7.27. The number of halogens is 1. The van der Waals surface area contributed by atoms with Crippen LogP contribution in [0.3, 0.4) is 0 Å². The normalized spacial score (nSPS) is 25.6. The van der Waals surface area contributed by atoms with Crippen LogP contribution in [0.2, 0.25) is 0 Å². The first-order chi connectivity index (χ1) is 11.3. The molecule has 6 nitrogen and oxygen atoms in total. The number of piperidine rings is 1. The van der Waals surface area contributed by atoms with Crippen LogP contribution in [0.5, 0.6) is 0 Å². The summed E-state index contributed by atoms with van der Waals surface area (Å²) in [7, 11) is 0. The van der Waals surface area contributed by atoms with Gasteiger partial charge in [0, 0.05) is 0 Å². The summed E-state index contributed by atoms with van der Waals surface area (Å²) in [6.07, 6.45) is 1.55. The van der Waals surface area contributed by atoms with E-state index < -0.39 is 5.54 Å². The second-order valence-electron chi connectivity index (χ2n) is 6.46. The lowest BCUT2D eigenvalue weighted by molar-refractivity contribution is -0.126. The van der Waals surface area contributed by atoms with Crippen LogP contribution in [0.15, 0.2) is 24.3 Å². The Hall–Kier alpha value is -1.34. The number of carbonyl (C=O) groups is 1. The number of ether oxygens (including phenoxy) is 2. The Balaban J connectivity index is 0.00000169. The number of carbonyl (C=O) groups excluding carboxylic acids is 1. The standard InChI is InChI=1S/C17H23N3O3.ClH/c21-16-17(5-7-18-8-6-17)19-14-3-1-2-4-15(14)20(16)11-13-12-22-9-10-23-13;/h1-4,13,18-19H,5-12H2;1H. The highest BCUT2D eigenvalue weighted by molar-refractivity contribution is 6.08. The van der Waals surface area contributed by atoms with Gasteiger partial charge in [-0.25, -0.2) is 0 Å². The van der Waals surface area contributed by atoms with Gasteiger partial charge in [-0.3, -0.25) is 4.79 Å². The van der Waals surface area contributed by atoms with Gasteiger partial charge in [-0.15, -0.1) is 12.4 Å². The van der Waals surface area contributed by atoms with E-state index in [0.29, 0.717) is 26.4 Å². The molecular weight excluding hydrogens is 330 g/mol. The molecular formula is C17H24ClN3O3. The lowest BCUT2D eigenvalue weighted by Gasteiger charge is -2.46. The average molecular weight is 354 g/mol. The van der Waals surface area contributed by atoms with Gasteiger partial charge in [0.2, 0.25) is 0 Å². The lowest BCUT2D eigenvalue weighted by atomic mass is 9.84. The number of rotatable bonds is 2. The van der Waals surface area contributed by atoms with Crippen molar-refractivity contribution in [1.29, 1.82) is 0 Å². The van der Waals surface area contributed by atoms with E-state index in [9.17, 15) is 4.79 Å². The fourth-order valence-electron chi connectivity index (χ4n) is 3.71. The lowest BCUT2D eigenvalue weighted by Crippen LogP contribution is -2.62. The van der Waals surface area contributed by atoms with Crippen LogP contribution in [0.4, 0.5) is 11.4 Å². The molecule has 1 atom stereocenters. The quantitative estimate of drug-likeness (QED) is 0.841. The summed E-state index contributed by atoms with van der Waals surface area (Å²) in [5.41, 5.74) is 1.48. The summed E-state index contributed by atoms with van der Waals surface area (Å²) in [5, 5.41) is 6.87. The van der Waals surface area contributed by atoms with Crippen LogP contribution in [0, 0.1) is 0 Å². The summed E-state index contributed by atoms with van der Waals surface area (Å²) < 4.78 is 11.3. The molecule has 2 N–H and O–H groups in total. The second-order valence-corrected chi connectivity index (χ2v) is 6.46. The molecule has 132 valence electrons. The van der Waals surface area contributed by atoms with Crippen LogP contribution in [-0.4, -0.2) is 57.0 Å². The van der Waals surface area contributed by atoms with Gasteiger partial charge in [-0.2, -0.15) is 0 Å². The van der Waals surface area contributed by atoms with Crippen molar-refractivity contribution in [2.45, 2.75) is 24.5 Å². The van der Waals surface area contributed by atoms with E-state index in [1.165, 1.54) is 0 Å². The number of hydrogen-bond acceptors (Lipinski definition) is 5. The van der Waals surface area contributed by atoms with Gasteiger partial charge in [-0.05, 0) is 38.1 Å². The van der Waals surface area contributed by atoms with Gasteiger partial charge < -0.3 is 25.0 Å². The van der Waals surface area contributed by atoms with Gasteiger partial charge in [0.15, 0.2) is 0 Å². The van der Waals surface area contributed by atoms with Crippen molar-refractivity contribution in [1.82, 2.24) is 5.32 Å². The van der Waals surface area contributed by atoms with Crippen LogP contribution in [-0.2, 0) is 14.3 Å². The minimum atomic E-state index is -0.491. The number of anilines is 2. The number of hydrogen-bond donors (Lipinski definition) is 2. The van der Waals surface area contributed by atoms with Crippen molar-refractivity contribution in [2.24, 2.45) is 0 Å². The summed E-state index contributed by atoms with van der Waals surface area (Å²) in [4.78, 5) is 15.2. The van der Waals surface area contributed by atoms with Gasteiger partial charge >= 0.3 is 0 Å². The van der Waals surface area contributed by atoms with Crippen molar-refractivity contribution in [3.05, 3.63) is 24.3 Å². The van der Waals surface area contributed by atoms with E-state index in [4.69, 9.17) is 9.47 Å². The minimum Gasteiger partial charge on any atom is -0.376 e. The maximum atomic E-state index is 13.3. The zero-order valence-electron chi connectivity index (χ0n) is 13.6. The molecule has 3 aliphatic heterocycles. The Morgan fingerprint density at radius 2 is 2.00 bits per heavy atom. The van der Waals surface area contributed by atoms with Gasteiger partial charge in [0.05, 0.1) is 43.8 Å². The fourth-order valence-corrected chi connectivity index (χ4v) is 3.71. The molecule has 0 radical (unpaired) electrons. The third-order valence-corrected chi connectivity index (χ3v) is 4.95. The minimum absolute atomic E-state index is 0. The predicted molar refractivity (Wildman–Crippen MR) is 95.1 cm³/mol. The summed E-state index contributed by atoms with van der Waals surface area (Å²) in [5.74, 6) is 0.159. The first-order valence-corrected chi connectivity index (χ1v) is 8.38. The molecule has 1 aromatic rings. The molecule has 1 amide bonds. The number of amides is 1. The zero-order valence-corrected chi connectivity index (χ0v) is 14.4. The molecule has 2 saturated heterocycles. The van der Waals surface area contributed by atoms with Crippen LogP contribution in [0.1, 0.15) is 12.8 Å². The maximum absolute atomic E-state index is 13.3. The third kappa shape index (κ3) is 3.11. The smallest absolute Gasteiger partial charge is 0.252 e. The van der Waals surface area contributed by atoms with Gasteiger partial charge in [0.25, 0.3) is 5.91 Å². The van der Waals surface area contributed by atoms with Crippen molar-refractivity contribution in [3.8, 4) is 0 Å². The van der Waals surface area contributed by atoms with Gasteiger partial charge in [0.1, 0.15) is 5.54 Å². The van der Waals surface area contributed by atoms with Crippen LogP contribution < -0.4 is 15.5 Å². The molecule has 0 aromatic heterocycles. The Kier molecular flexibility index (Phi) is 5.30. The Labute approximate surface area is 148 Å². The highest BCUT2D eigenvalue weighted by atomic mass is 35.5. The largest absolute Gasteiger partial charge is 0.376 e. The topological polar surface area (TPSA) is 62.8 Å². The summed E-state index contributed by atoms with van der Waals surface area (Å²) >= 11 is 0. The van der Waals surface area contributed by atoms with Gasteiger partial charge in [-0.1, -0.05) is 12.1 Å². The predicted octanol–water partition coefficient (Wildman–Crippen LogP) is 1.40. The van der Waals surface area contributed by atoms with Crippen molar-refractivity contribution >= 4 is 29.7 Å². The van der Waals surface area contributed by atoms with Crippen LogP contribution >= 0.6 is 12.4 Å². The van der Waals surface area contributed by atoms with Crippen molar-refractivity contribution in [3.63, 3.8) is 0 Å². The highest BCUT2D eigenvalue weighted by Gasteiger charge is 2.46. The van der Waals surface area contributed by atoms with E-state index in [1.807, 2.05) is 23.1 Å². The monoisotopic (exact) mass is 353 g/mol. The number of fused-ring (bicyclic) bond motifs is 1. The molecule has 3 aliphatic rings. The molecule has 0 aliphatic carbocycles. The van der Waals surface area contributed by atoms with E-state index in [1.54, 1.807) is 0 Å². The molecule has 1 aromatic carbocycles. The molecule has 0 saturated carbocycles. The SMILES string of the molecule is Cl.O=C1N(CC2COCCO2)c2ccccc2NC12CCNCC2. The number of nitrogens with zero attached hydrogens (tertiary/aromatic N) is 1. The van der Waals surface area contributed by atoms with Crippen molar-refractivity contribution < 1.29 is 14.3 Å². The first-order valence-electron chi connectivity index (χ1n) is 8.38. The molecule has 2 fully saturated rings. The Morgan fingerprint density at radius 1 is 1.21 bits per heavy atom. The third-order valence-electron chi connectivity index (χ3n) is 4.95. The fraction of sp³-hybridized carbons (Fsp3) is 0.588. The molecule has 0 bridgehead atoms. The van der Waals surface area contributed by atoms with E-state index >= 15 is 0 Å². The van der Waals surface area contributed by atoms with E-state index in [2.05, 4.69) is 16.7 Å². The Bertz CT molecular complexity index is 586. The van der Waals surface area contributed by atoms with E-state index in [0.717, 1.165) is 37.3 Å². The zero-order chi connectivity index (χ0) is 15.7. The first kappa shape index (κ1) is 17.5. The van der Waals surface area contributed by atoms with E-state index in [-0.39, 0.29) is 24.4 Å². The highest BCUT2D eigenvalue weighted by Crippen LogP contribution is 2.39. The maximum Gasteiger partial charge on any atom is 0.252 e. The molecule has 4 rings (SSSR count). The van der Waals surface area contributed by atoms with Crippen LogP contribution in [0.25, 0.3) is 0 Å². The summed E-state index contributed by atoms with van der Waals surface area (Å²) in [6.45, 7) is 4.05. The molecule has 24 heavy (non-hydrogen) atoms. The molecule has 1 unspecified atom stereocenters. The number of benzene rings is 1. The molecule has 7 heteroatoms. The Morgan fingerprint density at radius 3 is 2.75 bits per heavy atom. The number of nitrogens with one attached hydrogen (secondary N) is 2. The summed E-state index contributed by atoms with van der Waals surface area (Å²) in [6, 6.07) is 8.03. The molecule has 3 heterocycles. The number of para-hydroxylation sites is 2. The average Bonchev–Trinajstić information content (AvgIpc) is 2.61.